The van der Waals surface area contributed by atoms with Gasteiger partial charge in [-0.1, -0.05) is 0 Å². The van der Waals surface area contributed by atoms with Gasteiger partial charge < -0.3 is 14.8 Å². The van der Waals surface area contributed by atoms with Crippen molar-refractivity contribution in [3.05, 3.63) is 28.3 Å². The first-order chi connectivity index (χ1) is 8.69. The molecule has 1 aromatic carbocycles. The van der Waals surface area contributed by atoms with E-state index in [1.54, 1.807) is 6.07 Å². The van der Waals surface area contributed by atoms with E-state index in [9.17, 15) is 10.1 Å². The zero-order chi connectivity index (χ0) is 13.0. The van der Waals surface area contributed by atoms with Crippen molar-refractivity contribution in [1.29, 1.82) is 0 Å². The van der Waals surface area contributed by atoms with Crippen LogP contribution >= 0.6 is 0 Å². The first-order valence-electron chi connectivity index (χ1n) is 5.88. The highest BCUT2D eigenvalue weighted by atomic mass is 16.6. The largest absolute Gasteiger partial charge is 0.496 e. The molecule has 0 spiro atoms. The Morgan fingerprint density at radius 3 is 2.83 bits per heavy atom. The van der Waals surface area contributed by atoms with Crippen molar-refractivity contribution in [3.63, 3.8) is 0 Å². The minimum Gasteiger partial charge on any atom is -0.496 e. The van der Waals surface area contributed by atoms with Gasteiger partial charge >= 0.3 is 0 Å². The third-order valence-electron chi connectivity index (χ3n) is 2.92. The van der Waals surface area contributed by atoms with Crippen molar-refractivity contribution < 1.29 is 14.4 Å². The Kier molecular flexibility index (Phi) is 3.99. The van der Waals surface area contributed by atoms with Crippen molar-refractivity contribution >= 4 is 5.69 Å². The fourth-order valence-corrected chi connectivity index (χ4v) is 1.96. The highest BCUT2D eigenvalue weighted by molar-refractivity contribution is 5.46. The molecule has 0 saturated carbocycles. The molecular formula is C12H16N2O4. The lowest BCUT2D eigenvalue weighted by Crippen LogP contribution is -2.28. The number of hydrogen-bond acceptors (Lipinski definition) is 5. The van der Waals surface area contributed by atoms with Gasteiger partial charge in [0.1, 0.15) is 18.1 Å². The molecule has 1 saturated heterocycles. The topological polar surface area (TPSA) is 73.6 Å². The van der Waals surface area contributed by atoms with Gasteiger partial charge in [-0.05, 0) is 19.4 Å². The second-order valence-corrected chi connectivity index (χ2v) is 4.23. The number of nitrogens with zero attached hydrogens (tertiary/aromatic N) is 1. The smallest absolute Gasteiger partial charge is 0.276 e. The van der Waals surface area contributed by atoms with Crippen molar-refractivity contribution in [2.45, 2.75) is 18.9 Å². The monoisotopic (exact) mass is 252 g/mol. The molecule has 1 aromatic rings. The standard InChI is InChI=1S/C12H16N2O4/c1-17-11-5-10(14(15)16)6-12(7-11)18-8-9-3-2-4-13-9/h5-7,9,13H,2-4,8H2,1H3. The molecule has 1 aliphatic heterocycles. The molecule has 1 fully saturated rings. The van der Waals surface area contributed by atoms with Gasteiger partial charge in [0, 0.05) is 12.1 Å². The van der Waals surface area contributed by atoms with Gasteiger partial charge in [0.25, 0.3) is 5.69 Å². The Labute approximate surface area is 105 Å². The maximum atomic E-state index is 10.8. The number of ether oxygens (including phenoxy) is 2. The van der Waals surface area contributed by atoms with E-state index in [1.165, 1.54) is 19.2 Å². The number of rotatable bonds is 5. The second-order valence-electron chi connectivity index (χ2n) is 4.23. The molecular weight excluding hydrogens is 236 g/mol. The molecule has 1 atom stereocenters. The van der Waals surface area contributed by atoms with Crippen molar-refractivity contribution in [1.82, 2.24) is 5.32 Å². The number of methoxy groups -OCH3 is 1. The highest BCUT2D eigenvalue weighted by Crippen LogP contribution is 2.27. The summed E-state index contributed by atoms with van der Waals surface area (Å²) < 4.78 is 10.6. The van der Waals surface area contributed by atoms with E-state index in [0.717, 1.165) is 19.4 Å². The molecule has 0 amide bonds. The van der Waals surface area contributed by atoms with E-state index in [2.05, 4.69) is 5.32 Å². The van der Waals surface area contributed by atoms with Crippen LogP contribution in [0.2, 0.25) is 0 Å². The molecule has 18 heavy (non-hydrogen) atoms. The number of nitro groups is 1. The number of benzene rings is 1. The zero-order valence-corrected chi connectivity index (χ0v) is 10.2. The normalized spacial score (nSPS) is 18.6. The number of nitrogens with one attached hydrogen (secondary N) is 1. The summed E-state index contributed by atoms with van der Waals surface area (Å²) in [4.78, 5) is 10.3. The van der Waals surface area contributed by atoms with E-state index in [-0.39, 0.29) is 5.69 Å². The quantitative estimate of drug-likeness (QED) is 0.638. The lowest BCUT2D eigenvalue weighted by molar-refractivity contribution is -0.385. The van der Waals surface area contributed by atoms with Gasteiger partial charge in [-0.3, -0.25) is 10.1 Å². The van der Waals surface area contributed by atoms with Gasteiger partial charge in [-0.2, -0.15) is 0 Å². The summed E-state index contributed by atoms with van der Waals surface area (Å²) in [7, 11) is 1.47. The summed E-state index contributed by atoms with van der Waals surface area (Å²) >= 11 is 0. The van der Waals surface area contributed by atoms with E-state index < -0.39 is 4.92 Å². The molecule has 1 N–H and O–H groups in total. The predicted octanol–water partition coefficient (Wildman–Crippen LogP) is 1.73. The lowest BCUT2D eigenvalue weighted by atomic mass is 10.2. The summed E-state index contributed by atoms with van der Waals surface area (Å²) in [5.74, 6) is 0.897. The van der Waals surface area contributed by atoms with E-state index >= 15 is 0 Å². The molecule has 0 aromatic heterocycles. The average molecular weight is 252 g/mol. The summed E-state index contributed by atoms with van der Waals surface area (Å²) in [5.41, 5.74) is -0.0243. The van der Waals surface area contributed by atoms with Crippen LogP contribution in [0.15, 0.2) is 18.2 Å². The van der Waals surface area contributed by atoms with Crippen molar-refractivity contribution in [2.24, 2.45) is 0 Å². The molecule has 0 bridgehead atoms. The minimum atomic E-state index is -0.455. The van der Waals surface area contributed by atoms with Crippen molar-refractivity contribution in [3.8, 4) is 11.5 Å². The fourth-order valence-electron chi connectivity index (χ4n) is 1.96. The molecule has 6 heteroatoms. The van der Waals surface area contributed by atoms with E-state index in [0.29, 0.717) is 24.1 Å². The van der Waals surface area contributed by atoms with Crippen LogP contribution in [-0.2, 0) is 0 Å². The van der Waals surface area contributed by atoms with E-state index in [4.69, 9.17) is 9.47 Å². The van der Waals surface area contributed by atoms with Crippen LogP contribution in [0.3, 0.4) is 0 Å². The average Bonchev–Trinajstić information content (AvgIpc) is 2.89. The van der Waals surface area contributed by atoms with Crippen LogP contribution < -0.4 is 14.8 Å². The zero-order valence-electron chi connectivity index (χ0n) is 10.2. The maximum Gasteiger partial charge on any atom is 0.276 e. The molecule has 2 rings (SSSR count). The third-order valence-corrected chi connectivity index (χ3v) is 2.92. The predicted molar refractivity (Wildman–Crippen MR) is 66.2 cm³/mol. The van der Waals surface area contributed by atoms with Crippen molar-refractivity contribution in [2.75, 3.05) is 20.3 Å². The fraction of sp³-hybridized carbons (Fsp3) is 0.500. The SMILES string of the molecule is COc1cc(OCC2CCCN2)cc([N+](=O)[O-])c1. The van der Waals surface area contributed by atoms with Crippen LogP contribution in [0, 0.1) is 10.1 Å². The highest BCUT2D eigenvalue weighted by Gasteiger charge is 2.16. The molecule has 1 unspecified atom stereocenters. The minimum absolute atomic E-state index is 0.0243. The summed E-state index contributed by atoms with van der Waals surface area (Å²) in [6, 6.07) is 4.77. The number of hydrogen-bond donors (Lipinski definition) is 1. The van der Waals surface area contributed by atoms with E-state index in [1.807, 2.05) is 0 Å². The number of non-ortho nitro benzene ring substituents is 1. The van der Waals surface area contributed by atoms with Crippen LogP contribution in [0.25, 0.3) is 0 Å². The van der Waals surface area contributed by atoms with Gasteiger partial charge in [0.15, 0.2) is 0 Å². The maximum absolute atomic E-state index is 10.8. The van der Waals surface area contributed by atoms with Crippen LogP contribution in [0.1, 0.15) is 12.8 Å². The summed E-state index contributed by atoms with van der Waals surface area (Å²) in [6.07, 6.45) is 2.22. The Morgan fingerprint density at radius 2 is 2.22 bits per heavy atom. The molecule has 0 radical (unpaired) electrons. The molecule has 6 nitrogen and oxygen atoms in total. The van der Waals surface area contributed by atoms with Crippen LogP contribution in [0.4, 0.5) is 5.69 Å². The van der Waals surface area contributed by atoms with Gasteiger partial charge in [0.2, 0.25) is 0 Å². The van der Waals surface area contributed by atoms with Gasteiger partial charge in [-0.25, -0.2) is 0 Å². The Balaban J connectivity index is 2.05. The molecule has 98 valence electrons. The first kappa shape index (κ1) is 12.6. The lowest BCUT2D eigenvalue weighted by Gasteiger charge is -2.12. The van der Waals surface area contributed by atoms with Crippen LogP contribution in [0.5, 0.6) is 11.5 Å². The molecule has 0 aliphatic carbocycles. The second kappa shape index (κ2) is 5.68. The van der Waals surface area contributed by atoms with Gasteiger partial charge in [-0.15, -0.1) is 0 Å². The first-order valence-corrected chi connectivity index (χ1v) is 5.88. The molecule has 1 heterocycles. The molecule has 1 aliphatic rings. The Bertz CT molecular complexity index is 430. The van der Waals surface area contributed by atoms with Gasteiger partial charge in [0.05, 0.1) is 24.2 Å². The summed E-state index contributed by atoms with van der Waals surface area (Å²) in [6.45, 7) is 1.52. The third kappa shape index (κ3) is 3.10. The van der Waals surface area contributed by atoms with Crippen LogP contribution in [-0.4, -0.2) is 31.2 Å². The summed E-state index contributed by atoms with van der Waals surface area (Å²) in [5, 5.41) is 14.1. The number of nitro benzene ring substituents is 1. The Morgan fingerprint density at radius 1 is 1.44 bits per heavy atom. The Hall–Kier alpha value is -1.82.